The number of likely N-dealkylation sites (tertiary alicyclic amines) is 1. The van der Waals surface area contributed by atoms with Crippen LogP contribution in [-0.2, 0) is 10.9 Å². The number of amides is 1. The maximum absolute atomic E-state index is 13.1. The molecule has 4 heterocycles. The van der Waals surface area contributed by atoms with Gasteiger partial charge in [0.2, 0.25) is 5.95 Å². The van der Waals surface area contributed by atoms with E-state index in [2.05, 4.69) is 25.6 Å². The molecular formula is C18H21F3N6O2S. The van der Waals surface area contributed by atoms with Gasteiger partial charge in [0.05, 0.1) is 17.9 Å². The Bertz CT molecular complexity index is 938. The second kappa shape index (κ2) is 7.99. The molecule has 0 saturated carbocycles. The fourth-order valence-corrected chi connectivity index (χ4v) is 4.50. The molecule has 4 rings (SSSR count). The number of morpholine rings is 1. The van der Waals surface area contributed by atoms with E-state index >= 15 is 0 Å². The second-order valence-electron chi connectivity index (χ2n) is 7.21. The highest BCUT2D eigenvalue weighted by Gasteiger charge is 2.37. The number of nitrogens with one attached hydrogen (secondary N) is 2. The van der Waals surface area contributed by atoms with Gasteiger partial charge in [0.15, 0.2) is 5.01 Å². The summed E-state index contributed by atoms with van der Waals surface area (Å²) in [6.45, 7) is 4.77. The molecule has 30 heavy (non-hydrogen) atoms. The molecule has 12 heteroatoms. The van der Waals surface area contributed by atoms with E-state index in [1.807, 2.05) is 0 Å². The van der Waals surface area contributed by atoms with Crippen molar-refractivity contribution >= 4 is 34.0 Å². The van der Waals surface area contributed by atoms with Crippen LogP contribution in [-0.4, -0.2) is 57.6 Å². The predicted molar refractivity (Wildman–Crippen MR) is 105 cm³/mol. The summed E-state index contributed by atoms with van der Waals surface area (Å²) in [4.78, 5) is 26.7. The molecule has 2 fully saturated rings. The van der Waals surface area contributed by atoms with Crippen molar-refractivity contribution in [1.82, 2.24) is 19.9 Å². The highest BCUT2D eigenvalue weighted by atomic mass is 32.1. The Balaban J connectivity index is 1.52. The molecule has 1 amide bonds. The number of carbonyl (C=O) groups excluding carboxylic acids is 1. The summed E-state index contributed by atoms with van der Waals surface area (Å²) in [5.41, 5.74) is -0.387. The Hall–Kier alpha value is -2.47. The number of anilines is 3. The van der Waals surface area contributed by atoms with E-state index < -0.39 is 11.7 Å². The Morgan fingerprint density at radius 2 is 2.00 bits per heavy atom. The number of rotatable bonds is 5. The lowest BCUT2D eigenvalue weighted by Crippen LogP contribution is -2.45. The van der Waals surface area contributed by atoms with E-state index in [1.165, 1.54) is 0 Å². The number of fused-ring (bicyclic) bond motifs is 2. The lowest BCUT2D eigenvalue weighted by Gasteiger charge is -2.31. The van der Waals surface area contributed by atoms with Crippen molar-refractivity contribution in [1.29, 1.82) is 0 Å². The van der Waals surface area contributed by atoms with Gasteiger partial charge in [0.1, 0.15) is 16.4 Å². The molecule has 0 aromatic carbocycles. The van der Waals surface area contributed by atoms with Crippen molar-refractivity contribution in [3.05, 3.63) is 22.5 Å². The van der Waals surface area contributed by atoms with Gasteiger partial charge < -0.3 is 20.3 Å². The summed E-state index contributed by atoms with van der Waals surface area (Å²) in [5, 5.41) is 6.32. The van der Waals surface area contributed by atoms with Crippen LogP contribution >= 0.6 is 11.3 Å². The summed E-state index contributed by atoms with van der Waals surface area (Å²) in [5.74, 6) is -0.475. The van der Waals surface area contributed by atoms with Crippen LogP contribution < -0.4 is 10.6 Å². The van der Waals surface area contributed by atoms with E-state index in [-0.39, 0.29) is 36.4 Å². The number of alkyl halides is 3. The maximum atomic E-state index is 13.1. The van der Waals surface area contributed by atoms with Gasteiger partial charge in [0.25, 0.3) is 5.91 Å². The molecule has 162 valence electrons. The minimum atomic E-state index is -4.56. The second-order valence-corrected chi connectivity index (χ2v) is 8.21. The molecule has 0 radical (unpaired) electrons. The smallest absolute Gasteiger partial charge is 0.371 e. The SMILES string of the molecule is CCNc1nc(Nc2sc(C(=O)N3CC4CCC(C3)O4)nc2C)ncc1C(F)(F)F. The number of nitrogens with zero attached hydrogens (tertiary/aromatic N) is 4. The average molecular weight is 442 g/mol. The topological polar surface area (TPSA) is 92.3 Å². The van der Waals surface area contributed by atoms with Gasteiger partial charge in [-0.1, -0.05) is 11.3 Å². The molecule has 2 aromatic rings. The minimum absolute atomic E-state index is 0.00545. The van der Waals surface area contributed by atoms with Gasteiger partial charge in [-0.15, -0.1) is 0 Å². The van der Waals surface area contributed by atoms with E-state index in [4.69, 9.17) is 4.74 Å². The summed E-state index contributed by atoms with van der Waals surface area (Å²) in [7, 11) is 0. The predicted octanol–water partition coefficient (Wildman–Crippen LogP) is 3.44. The van der Waals surface area contributed by atoms with Crippen LogP contribution in [0, 0.1) is 6.92 Å². The number of ether oxygens (including phenoxy) is 1. The normalized spacial score (nSPS) is 21.0. The summed E-state index contributed by atoms with van der Waals surface area (Å²) >= 11 is 1.13. The number of hydrogen-bond acceptors (Lipinski definition) is 8. The molecule has 2 atom stereocenters. The third-order valence-corrected chi connectivity index (χ3v) is 6.03. The van der Waals surface area contributed by atoms with Crippen LogP contribution in [0.5, 0.6) is 0 Å². The Morgan fingerprint density at radius 1 is 1.30 bits per heavy atom. The number of hydrogen-bond donors (Lipinski definition) is 2. The van der Waals surface area contributed by atoms with Crippen LogP contribution in [0.3, 0.4) is 0 Å². The molecule has 2 bridgehead atoms. The molecule has 8 nitrogen and oxygen atoms in total. The zero-order chi connectivity index (χ0) is 21.5. The largest absolute Gasteiger partial charge is 0.421 e. The van der Waals surface area contributed by atoms with Gasteiger partial charge in [-0.25, -0.2) is 9.97 Å². The van der Waals surface area contributed by atoms with Gasteiger partial charge >= 0.3 is 6.18 Å². The molecule has 2 saturated heterocycles. The first kappa shape index (κ1) is 20.8. The first-order valence-corrected chi connectivity index (χ1v) is 10.4. The number of aryl methyl sites for hydroxylation is 1. The van der Waals surface area contributed by atoms with E-state index in [0.717, 1.165) is 30.4 Å². The number of carbonyl (C=O) groups is 1. The Labute approximate surface area is 174 Å². The zero-order valence-corrected chi connectivity index (χ0v) is 17.2. The summed E-state index contributed by atoms with van der Waals surface area (Å²) < 4.78 is 45.1. The van der Waals surface area contributed by atoms with Gasteiger partial charge in [0, 0.05) is 25.8 Å². The van der Waals surface area contributed by atoms with Gasteiger partial charge in [-0.3, -0.25) is 4.79 Å². The Morgan fingerprint density at radius 3 is 2.63 bits per heavy atom. The van der Waals surface area contributed by atoms with Crippen LogP contribution in [0.15, 0.2) is 6.20 Å². The standard InChI is InChI=1S/C18H21F3N6O2S/c1-3-22-13-12(18(19,20)21)6-23-17(25-13)26-14-9(2)24-15(30-14)16(28)27-7-10-4-5-11(8-27)29-10/h6,10-11H,3-5,7-8H2,1-2H3,(H2,22,23,25,26). The third-order valence-electron chi connectivity index (χ3n) is 4.97. The fourth-order valence-electron chi connectivity index (χ4n) is 3.57. The Kier molecular flexibility index (Phi) is 5.53. The van der Waals surface area contributed by atoms with Gasteiger partial charge in [-0.2, -0.15) is 18.2 Å². The molecule has 2 aromatic heterocycles. The maximum Gasteiger partial charge on any atom is 0.421 e. The van der Waals surface area contributed by atoms with Crippen LogP contribution in [0.4, 0.5) is 29.9 Å². The molecule has 2 aliphatic heterocycles. The summed E-state index contributed by atoms with van der Waals surface area (Å²) in [6.07, 6.45) is -1.75. The van der Waals surface area contributed by atoms with E-state index in [1.54, 1.807) is 18.7 Å². The van der Waals surface area contributed by atoms with E-state index in [9.17, 15) is 18.0 Å². The van der Waals surface area contributed by atoms with Crippen molar-refractivity contribution in [3.8, 4) is 0 Å². The first-order chi connectivity index (χ1) is 14.2. The number of halogens is 3. The number of thiazole rings is 1. The third kappa shape index (κ3) is 4.19. The zero-order valence-electron chi connectivity index (χ0n) is 16.4. The lowest BCUT2D eigenvalue weighted by atomic mass is 10.2. The molecule has 2 aliphatic rings. The van der Waals surface area contributed by atoms with Crippen LogP contribution in [0.1, 0.15) is 40.8 Å². The molecule has 2 unspecified atom stereocenters. The lowest BCUT2D eigenvalue weighted by molar-refractivity contribution is -0.137. The summed E-state index contributed by atoms with van der Waals surface area (Å²) in [6, 6.07) is 0. The van der Waals surface area contributed by atoms with Crippen LogP contribution in [0.25, 0.3) is 0 Å². The quantitative estimate of drug-likeness (QED) is 0.733. The highest BCUT2D eigenvalue weighted by Crippen LogP contribution is 2.35. The van der Waals surface area contributed by atoms with Crippen molar-refractivity contribution in [3.63, 3.8) is 0 Å². The number of aromatic nitrogens is 3. The molecule has 0 aliphatic carbocycles. The van der Waals surface area contributed by atoms with Crippen molar-refractivity contribution in [2.45, 2.75) is 45.1 Å². The van der Waals surface area contributed by atoms with E-state index in [0.29, 0.717) is 28.8 Å². The monoisotopic (exact) mass is 442 g/mol. The van der Waals surface area contributed by atoms with Crippen molar-refractivity contribution in [2.75, 3.05) is 30.3 Å². The fraction of sp³-hybridized carbons (Fsp3) is 0.556. The van der Waals surface area contributed by atoms with Crippen molar-refractivity contribution in [2.24, 2.45) is 0 Å². The minimum Gasteiger partial charge on any atom is -0.371 e. The van der Waals surface area contributed by atoms with Crippen molar-refractivity contribution < 1.29 is 22.7 Å². The molecule has 2 N–H and O–H groups in total. The van der Waals surface area contributed by atoms with Gasteiger partial charge in [-0.05, 0) is 26.7 Å². The molecular weight excluding hydrogens is 421 g/mol. The molecule has 0 spiro atoms. The highest BCUT2D eigenvalue weighted by molar-refractivity contribution is 7.17. The first-order valence-electron chi connectivity index (χ1n) is 9.62. The average Bonchev–Trinajstić information content (AvgIpc) is 3.22. The van der Waals surface area contributed by atoms with Crippen LogP contribution in [0.2, 0.25) is 0 Å².